The molecular formula is C19H17N3O5. The van der Waals surface area contributed by atoms with Crippen LogP contribution in [0.3, 0.4) is 0 Å². The zero-order valence-electron chi connectivity index (χ0n) is 14.4. The molecular weight excluding hydrogens is 350 g/mol. The molecule has 138 valence electrons. The van der Waals surface area contributed by atoms with Gasteiger partial charge in [-0.2, -0.15) is 0 Å². The molecule has 2 aromatic rings. The Hall–Kier alpha value is -3.94. The number of nitrogens with one attached hydrogen (secondary N) is 3. The fourth-order valence-electron chi connectivity index (χ4n) is 2.07. The maximum Gasteiger partial charge on any atom is 0.328 e. The third kappa shape index (κ3) is 6.13. The zero-order chi connectivity index (χ0) is 19.8. The van der Waals surface area contributed by atoms with E-state index in [2.05, 4.69) is 16.2 Å². The summed E-state index contributed by atoms with van der Waals surface area (Å²) in [6.07, 6.45) is 1.42. The molecule has 4 N–H and O–H groups in total. The molecule has 8 heteroatoms. The van der Waals surface area contributed by atoms with Crippen molar-refractivity contribution in [1.29, 1.82) is 0 Å². The minimum Gasteiger partial charge on any atom is -0.478 e. The normalized spacial score (nSPS) is 10.3. The summed E-state index contributed by atoms with van der Waals surface area (Å²) in [7, 11) is 0. The Morgan fingerprint density at radius 2 is 1.56 bits per heavy atom. The van der Waals surface area contributed by atoms with Crippen LogP contribution in [0.5, 0.6) is 0 Å². The standard InChI is InChI=1S/C19H17N3O5/c1-12-3-2-4-14(11-12)18(26)20-15-7-5-13(6-8-15)19(27)22-21-16(23)9-10-17(24)25/h2-11H,1H3,(H,20,26)(H,21,23)(H,22,27)(H,24,25)/b10-9-. The average Bonchev–Trinajstić information content (AvgIpc) is 2.65. The average molecular weight is 367 g/mol. The summed E-state index contributed by atoms with van der Waals surface area (Å²) in [6.45, 7) is 1.89. The van der Waals surface area contributed by atoms with Crippen molar-refractivity contribution < 1.29 is 24.3 Å². The first-order valence-electron chi connectivity index (χ1n) is 7.84. The molecule has 3 amide bonds. The number of hydrogen-bond donors (Lipinski definition) is 4. The summed E-state index contributed by atoms with van der Waals surface area (Å²) < 4.78 is 0. The number of rotatable bonds is 5. The molecule has 0 aliphatic rings. The van der Waals surface area contributed by atoms with Gasteiger partial charge in [-0.3, -0.25) is 25.2 Å². The molecule has 0 radical (unpaired) electrons. The van der Waals surface area contributed by atoms with E-state index < -0.39 is 17.8 Å². The maximum atomic E-state index is 12.2. The number of aryl methyl sites for hydroxylation is 1. The number of carbonyl (C=O) groups is 4. The van der Waals surface area contributed by atoms with Crippen LogP contribution in [0.1, 0.15) is 26.3 Å². The van der Waals surface area contributed by atoms with E-state index in [4.69, 9.17) is 5.11 Å². The Kier molecular flexibility index (Phi) is 6.43. The van der Waals surface area contributed by atoms with Crippen LogP contribution in [-0.4, -0.2) is 28.8 Å². The Balaban J connectivity index is 1.92. The third-order valence-electron chi connectivity index (χ3n) is 3.36. The van der Waals surface area contributed by atoms with Crippen LogP contribution in [0.2, 0.25) is 0 Å². The summed E-state index contributed by atoms with van der Waals surface area (Å²) in [5.74, 6) is -2.93. The zero-order valence-corrected chi connectivity index (χ0v) is 14.4. The Morgan fingerprint density at radius 1 is 0.852 bits per heavy atom. The van der Waals surface area contributed by atoms with E-state index in [1.165, 1.54) is 12.1 Å². The van der Waals surface area contributed by atoms with Crippen LogP contribution in [0, 0.1) is 6.92 Å². The monoisotopic (exact) mass is 367 g/mol. The van der Waals surface area contributed by atoms with Gasteiger partial charge in [0.25, 0.3) is 17.7 Å². The molecule has 0 aliphatic carbocycles. The SMILES string of the molecule is Cc1cccc(C(=O)Nc2ccc(C(=O)NNC(=O)/C=C\C(=O)O)cc2)c1. The van der Waals surface area contributed by atoms with Crippen molar-refractivity contribution >= 4 is 29.4 Å². The summed E-state index contributed by atoms with van der Waals surface area (Å²) in [5.41, 5.74) is 6.43. The van der Waals surface area contributed by atoms with Gasteiger partial charge in [0.1, 0.15) is 0 Å². The molecule has 0 aliphatic heterocycles. The van der Waals surface area contributed by atoms with Gasteiger partial charge in [-0.15, -0.1) is 0 Å². The van der Waals surface area contributed by atoms with E-state index in [-0.39, 0.29) is 11.5 Å². The summed E-state index contributed by atoms with van der Waals surface area (Å²) >= 11 is 0. The topological polar surface area (TPSA) is 125 Å². The predicted octanol–water partition coefficient (Wildman–Crippen LogP) is 1.65. The number of aliphatic carboxylic acids is 1. The van der Waals surface area contributed by atoms with Crippen LogP contribution >= 0.6 is 0 Å². The fraction of sp³-hybridized carbons (Fsp3) is 0.0526. The van der Waals surface area contributed by atoms with E-state index in [1.54, 1.807) is 30.3 Å². The molecule has 0 saturated carbocycles. The molecule has 0 spiro atoms. The lowest BCUT2D eigenvalue weighted by atomic mass is 10.1. The van der Waals surface area contributed by atoms with Gasteiger partial charge in [-0.05, 0) is 43.3 Å². The molecule has 2 rings (SSSR count). The quantitative estimate of drug-likeness (QED) is 0.472. The van der Waals surface area contributed by atoms with Crippen LogP contribution in [0.4, 0.5) is 5.69 Å². The number of anilines is 1. The van der Waals surface area contributed by atoms with Gasteiger partial charge >= 0.3 is 5.97 Å². The number of carbonyl (C=O) groups excluding carboxylic acids is 3. The number of hydrogen-bond acceptors (Lipinski definition) is 4. The highest BCUT2D eigenvalue weighted by molar-refractivity contribution is 6.04. The molecule has 0 saturated heterocycles. The van der Waals surface area contributed by atoms with Crippen molar-refractivity contribution in [1.82, 2.24) is 10.9 Å². The molecule has 8 nitrogen and oxygen atoms in total. The molecule has 0 aromatic heterocycles. The Bertz CT molecular complexity index is 904. The van der Waals surface area contributed by atoms with Crippen molar-refractivity contribution in [2.24, 2.45) is 0 Å². The lowest BCUT2D eigenvalue weighted by molar-refractivity contribution is -0.131. The van der Waals surface area contributed by atoms with Gasteiger partial charge in [-0.1, -0.05) is 17.7 Å². The van der Waals surface area contributed by atoms with Gasteiger partial charge in [-0.25, -0.2) is 4.79 Å². The summed E-state index contributed by atoms with van der Waals surface area (Å²) in [6, 6.07) is 13.2. The second-order valence-electron chi connectivity index (χ2n) is 5.52. The first kappa shape index (κ1) is 19.4. The van der Waals surface area contributed by atoms with Crippen molar-refractivity contribution in [3.05, 3.63) is 77.4 Å². The first-order valence-corrected chi connectivity index (χ1v) is 7.84. The number of amides is 3. The van der Waals surface area contributed by atoms with E-state index in [9.17, 15) is 19.2 Å². The van der Waals surface area contributed by atoms with E-state index in [1.807, 2.05) is 13.0 Å². The minimum atomic E-state index is -1.28. The van der Waals surface area contributed by atoms with Crippen molar-refractivity contribution in [3.8, 4) is 0 Å². The number of carboxylic acids is 1. The van der Waals surface area contributed by atoms with Gasteiger partial charge in [0.15, 0.2) is 0 Å². The number of hydrazine groups is 1. The first-order chi connectivity index (χ1) is 12.8. The maximum absolute atomic E-state index is 12.2. The van der Waals surface area contributed by atoms with E-state index in [0.29, 0.717) is 17.3 Å². The molecule has 0 unspecified atom stereocenters. The third-order valence-corrected chi connectivity index (χ3v) is 3.36. The van der Waals surface area contributed by atoms with E-state index >= 15 is 0 Å². The fourth-order valence-corrected chi connectivity index (χ4v) is 2.07. The van der Waals surface area contributed by atoms with Crippen LogP contribution in [-0.2, 0) is 9.59 Å². The van der Waals surface area contributed by atoms with Gasteiger partial charge in [0.05, 0.1) is 0 Å². The summed E-state index contributed by atoms with van der Waals surface area (Å²) in [5, 5.41) is 11.1. The van der Waals surface area contributed by atoms with Crippen molar-refractivity contribution in [2.75, 3.05) is 5.32 Å². The van der Waals surface area contributed by atoms with Gasteiger partial charge in [0.2, 0.25) is 0 Å². The lowest BCUT2D eigenvalue weighted by Crippen LogP contribution is -2.40. The largest absolute Gasteiger partial charge is 0.478 e. The molecule has 0 heterocycles. The minimum absolute atomic E-state index is 0.242. The molecule has 0 bridgehead atoms. The molecule has 27 heavy (non-hydrogen) atoms. The van der Waals surface area contributed by atoms with Gasteiger partial charge < -0.3 is 10.4 Å². The lowest BCUT2D eigenvalue weighted by Gasteiger charge is -2.08. The second kappa shape index (κ2) is 8.95. The molecule has 2 aromatic carbocycles. The number of benzene rings is 2. The summed E-state index contributed by atoms with van der Waals surface area (Å²) in [4.78, 5) is 45.7. The van der Waals surface area contributed by atoms with E-state index in [0.717, 1.165) is 11.6 Å². The Labute approximate surface area is 154 Å². The number of carboxylic acid groups (broad SMARTS) is 1. The van der Waals surface area contributed by atoms with Crippen LogP contribution < -0.4 is 16.2 Å². The van der Waals surface area contributed by atoms with Crippen molar-refractivity contribution in [2.45, 2.75) is 6.92 Å². The van der Waals surface area contributed by atoms with Crippen molar-refractivity contribution in [3.63, 3.8) is 0 Å². The molecule has 0 fully saturated rings. The molecule has 0 atom stereocenters. The highest BCUT2D eigenvalue weighted by Crippen LogP contribution is 2.12. The highest BCUT2D eigenvalue weighted by atomic mass is 16.4. The second-order valence-corrected chi connectivity index (χ2v) is 5.52. The smallest absolute Gasteiger partial charge is 0.328 e. The van der Waals surface area contributed by atoms with Crippen LogP contribution in [0.25, 0.3) is 0 Å². The Morgan fingerprint density at radius 3 is 2.19 bits per heavy atom. The van der Waals surface area contributed by atoms with Gasteiger partial charge in [0, 0.05) is 29.0 Å². The highest BCUT2D eigenvalue weighted by Gasteiger charge is 2.09. The van der Waals surface area contributed by atoms with Crippen LogP contribution in [0.15, 0.2) is 60.7 Å². The predicted molar refractivity (Wildman–Crippen MR) is 98.0 cm³/mol.